The maximum atomic E-state index is 12.2. The molecule has 1 aromatic heterocycles. The van der Waals surface area contributed by atoms with E-state index in [-0.39, 0.29) is 17.5 Å². The quantitative estimate of drug-likeness (QED) is 0.294. The Morgan fingerprint density at radius 1 is 1.00 bits per heavy atom. The summed E-state index contributed by atoms with van der Waals surface area (Å²) < 4.78 is 5.62. The van der Waals surface area contributed by atoms with Crippen LogP contribution in [0.1, 0.15) is 25.5 Å². The minimum absolute atomic E-state index is 0.0547. The Labute approximate surface area is 178 Å². The summed E-state index contributed by atoms with van der Waals surface area (Å²) in [6.07, 6.45) is 4.01. The van der Waals surface area contributed by atoms with Crippen LogP contribution in [0.5, 0.6) is 0 Å². The Bertz CT molecular complexity index is 1120. The van der Waals surface area contributed by atoms with Gasteiger partial charge in [-0.1, -0.05) is 19.1 Å². The van der Waals surface area contributed by atoms with Crippen molar-refractivity contribution in [3.05, 3.63) is 82.6 Å². The van der Waals surface area contributed by atoms with Crippen molar-refractivity contribution in [3.63, 3.8) is 0 Å². The van der Waals surface area contributed by atoms with Gasteiger partial charge in [-0.3, -0.25) is 19.7 Å². The third-order valence-corrected chi connectivity index (χ3v) is 4.31. The Hall–Kier alpha value is -4.20. The number of carbonyl (C=O) groups excluding carboxylic acids is 2. The van der Waals surface area contributed by atoms with Gasteiger partial charge in [0.1, 0.15) is 11.5 Å². The lowest BCUT2D eigenvalue weighted by Crippen LogP contribution is -2.11. The normalized spacial score (nSPS) is 10.7. The van der Waals surface area contributed by atoms with Crippen molar-refractivity contribution in [3.8, 4) is 11.3 Å². The van der Waals surface area contributed by atoms with E-state index >= 15 is 0 Å². The fraction of sp³-hybridized carbons (Fsp3) is 0.130. The van der Waals surface area contributed by atoms with Crippen LogP contribution in [0.3, 0.4) is 0 Å². The maximum Gasteiger partial charge on any atom is 0.280 e. The molecule has 3 aromatic rings. The van der Waals surface area contributed by atoms with Crippen molar-refractivity contribution in [2.24, 2.45) is 0 Å². The first-order valence-corrected chi connectivity index (χ1v) is 9.69. The third-order valence-electron chi connectivity index (χ3n) is 4.31. The third kappa shape index (κ3) is 5.89. The second-order valence-corrected chi connectivity index (χ2v) is 6.67. The summed E-state index contributed by atoms with van der Waals surface area (Å²) in [4.78, 5) is 34.5. The van der Waals surface area contributed by atoms with Crippen LogP contribution < -0.4 is 10.6 Å². The van der Waals surface area contributed by atoms with E-state index in [2.05, 4.69) is 10.6 Å². The highest BCUT2D eigenvalue weighted by molar-refractivity contribution is 6.02. The predicted octanol–water partition coefficient (Wildman–Crippen LogP) is 5.25. The molecule has 8 heteroatoms. The van der Waals surface area contributed by atoms with Gasteiger partial charge in [0.15, 0.2) is 0 Å². The Morgan fingerprint density at radius 2 is 1.68 bits per heavy atom. The van der Waals surface area contributed by atoms with E-state index < -0.39 is 4.92 Å². The number of anilines is 2. The second-order valence-electron chi connectivity index (χ2n) is 6.67. The molecule has 0 atom stereocenters. The molecule has 1 heterocycles. The number of rotatable bonds is 8. The fourth-order valence-electron chi connectivity index (χ4n) is 2.86. The first-order valence-electron chi connectivity index (χ1n) is 9.69. The summed E-state index contributed by atoms with van der Waals surface area (Å²) in [5, 5.41) is 16.7. The molecule has 3 rings (SSSR count). The molecule has 0 aliphatic heterocycles. The molecule has 31 heavy (non-hydrogen) atoms. The number of nitrogens with one attached hydrogen (secondary N) is 2. The zero-order valence-electron chi connectivity index (χ0n) is 16.8. The lowest BCUT2D eigenvalue weighted by molar-refractivity contribution is -0.384. The topological polar surface area (TPSA) is 114 Å². The molecule has 0 fully saturated rings. The second kappa shape index (κ2) is 10.0. The summed E-state index contributed by atoms with van der Waals surface area (Å²) in [5.41, 5.74) is 1.54. The van der Waals surface area contributed by atoms with Gasteiger partial charge in [0, 0.05) is 29.9 Å². The molecule has 0 unspecified atom stereocenters. The van der Waals surface area contributed by atoms with E-state index in [1.165, 1.54) is 18.2 Å². The molecule has 0 saturated carbocycles. The van der Waals surface area contributed by atoms with Crippen LogP contribution in [0.4, 0.5) is 17.1 Å². The molecule has 2 aromatic carbocycles. The SMILES string of the molecule is CCCC(=O)Nc1ccc(NC(=O)/C=C\c2ccc(-c3ccccc3[N+](=O)[O-])o2)cc1. The highest BCUT2D eigenvalue weighted by Crippen LogP contribution is 2.31. The molecule has 0 radical (unpaired) electrons. The number of benzene rings is 2. The molecule has 2 amide bonds. The molecular formula is C23H21N3O5. The minimum Gasteiger partial charge on any atom is -0.456 e. The fourth-order valence-corrected chi connectivity index (χ4v) is 2.86. The molecule has 2 N–H and O–H groups in total. The smallest absolute Gasteiger partial charge is 0.280 e. The Balaban J connectivity index is 1.61. The van der Waals surface area contributed by atoms with Gasteiger partial charge in [0.05, 0.1) is 10.5 Å². The number of carbonyl (C=O) groups is 2. The summed E-state index contributed by atoms with van der Waals surface area (Å²) in [6, 6.07) is 16.3. The lowest BCUT2D eigenvalue weighted by atomic mass is 10.1. The van der Waals surface area contributed by atoms with Gasteiger partial charge in [-0.15, -0.1) is 0 Å². The van der Waals surface area contributed by atoms with E-state index in [9.17, 15) is 19.7 Å². The van der Waals surface area contributed by atoms with Crippen LogP contribution in [0.15, 0.2) is 71.2 Å². The number of nitrogens with zero attached hydrogens (tertiary/aromatic N) is 1. The Morgan fingerprint density at radius 3 is 2.35 bits per heavy atom. The van der Waals surface area contributed by atoms with Crippen molar-refractivity contribution in [2.45, 2.75) is 19.8 Å². The van der Waals surface area contributed by atoms with Crippen LogP contribution in [-0.2, 0) is 9.59 Å². The number of amides is 2. The molecule has 0 saturated heterocycles. The first-order chi connectivity index (χ1) is 15.0. The molecule has 0 bridgehead atoms. The average molecular weight is 419 g/mol. The largest absolute Gasteiger partial charge is 0.456 e. The van der Waals surface area contributed by atoms with Crippen molar-refractivity contribution in [1.82, 2.24) is 0 Å². The molecular weight excluding hydrogens is 398 g/mol. The monoisotopic (exact) mass is 419 g/mol. The number of hydrogen-bond acceptors (Lipinski definition) is 5. The standard InChI is InChI=1S/C23H21N3O5/c1-2-5-22(27)24-16-8-10-17(11-9-16)25-23(28)15-13-18-12-14-21(31-18)19-6-3-4-7-20(19)26(29)30/h3-4,6-15H,2,5H2,1H3,(H,24,27)(H,25,28)/b15-13-. The van der Waals surface area contributed by atoms with Crippen LogP contribution in [0.2, 0.25) is 0 Å². The van der Waals surface area contributed by atoms with Crippen LogP contribution in [0, 0.1) is 10.1 Å². The van der Waals surface area contributed by atoms with Gasteiger partial charge < -0.3 is 15.1 Å². The molecule has 0 aliphatic rings. The van der Waals surface area contributed by atoms with Gasteiger partial charge >= 0.3 is 0 Å². The van der Waals surface area contributed by atoms with Crippen LogP contribution in [0.25, 0.3) is 17.4 Å². The van der Waals surface area contributed by atoms with Crippen LogP contribution >= 0.6 is 0 Å². The number of nitro benzene ring substituents is 1. The van der Waals surface area contributed by atoms with E-state index in [1.54, 1.807) is 54.6 Å². The predicted molar refractivity (Wildman–Crippen MR) is 118 cm³/mol. The van der Waals surface area contributed by atoms with Gasteiger partial charge in [0.25, 0.3) is 5.69 Å². The van der Waals surface area contributed by atoms with Gasteiger partial charge in [0.2, 0.25) is 11.8 Å². The summed E-state index contributed by atoms with van der Waals surface area (Å²) in [7, 11) is 0. The average Bonchev–Trinajstić information content (AvgIpc) is 3.23. The Kier molecular flexibility index (Phi) is 6.95. The number of hydrogen-bond donors (Lipinski definition) is 2. The minimum atomic E-state index is -0.471. The molecule has 8 nitrogen and oxygen atoms in total. The number of para-hydroxylation sites is 1. The molecule has 158 valence electrons. The molecule has 0 aliphatic carbocycles. The van der Waals surface area contributed by atoms with E-state index in [0.29, 0.717) is 34.9 Å². The van der Waals surface area contributed by atoms with Gasteiger partial charge in [-0.25, -0.2) is 0 Å². The van der Waals surface area contributed by atoms with Crippen molar-refractivity contribution in [2.75, 3.05) is 10.6 Å². The summed E-state index contributed by atoms with van der Waals surface area (Å²) in [6.45, 7) is 1.93. The maximum absolute atomic E-state index is 12.2. The number of nitro groups is 1. The highest BCUT2D eigenvalue weighted by Gasteiger charge is 2.16. The van der Waals surface area contributed by atoms with Crippen molar-refractivity contribution < 1.29 is 18.9 Å². The summed E-state index contributed by atoms with van der Waals surface area (Å²) in [5.74, 6) is 0.303. The summed E-state index contributed by atoms with van der Waals surface area (Å²) >= 11 is 0. The zero-order valence-corrected chi connectivity index (χ0v) is 16.8. The molecule has 0 spiro atoms. The van der Waals surface area contributed by atoms with Crippen LogP contribution in [-0.4, -0.2) is 16.7 Å². The zero-order chi connectivity index (χ0) is 22.2. The van der Waals surface area contributed by atoms with Crippen molar-refractivity contribution in [1.29, 1.82) is 0 Å². The van der Waals surface area contributed by atoms with Crippen molar-refractivity contribution >= 4 is 35.0 Å². The highest BCUT2D eigenvalue weighted by atomic mass is 16.6. The van der Waals surface area contributed by atoms with Gasteiger partial charge in [-0.2, -0.15) is 0 Å². The van der Waals surface area contributed by atoms with E-state index in [0.717, 1.165) is 6.42 Å². The number of furan rings is 1. The van der Waals surface area contributed by atoms with Gasteiger partial charge in [-0.05, 0) is 55.0 Å². The van der Waals surface area contributed by atoms with E-state index in [4.69, 9.17) is 4.42 Å². The first kappa shape index (κ1) is 21.5. The van der Waals surface area contributed by atoms with E-state index in [1.807, 2.05) is 6.92 Å². The lowest BCUT2D eigenvalue weighted by Gasteiger charge is -2.06.